The van der Waals surface area contributed by atoms with E-state index in [1.165, 1.54) is 24.6 Å². The van der Waals surface area contributed by atoms with Gasteiger partial charge < -0.3 is 10.5 Å². The lowest BCUT2D eigenvalue weighted by Crippen LogP contribution is -2.24. The smallest absolute Gasteiger partial charge is 0.219 e. The quantitative estimate of drug-likeness (QED) is 0.663. The number of hydrogen-bond donors (Lipinski definition) is 1. The summed E-state index contributed by atoms with van der Waals surface area (Å²) in [6, 6.07) is 1.71. The molecule has 0 spiro atoms. The van der Waals surface area contributed by atoms with Crippen LogP contribution in [0.25, 0.3) is 0 Å². The number of thioether (sulfide) groups is 1. The third-order valence-electron chi connectivity index (χ3n) is 3.06. The molecule has 1 aromatic rings. The number of rotatable bonds is 3. The molecule has 0 saturated heterocycles. The summed E-state index contributed by atoms with van der Waals surface area (Å²) >= 11 is 1.48. The molecule has 2 atom stereocenters. The third-order valence-corrected chi connectivity index (χ3v) is 3.61. The zero-order valence-corrected chi connectivity index (χ0v) is 11.2. The molecule has 2 N–H and O–H groups in total. The SMILES string of the molecule is CSc1nc(N)cc(OC2CCCC(C)C2)n1. The summed E-state index contributed by atoms with van der Waals surface area (Å²) in [6.45, 7) is 2.27. The molecule has 1 fully saturated rings. The Bertz CT molecular complexity index is 386. The summed E-state index contributed by atoms with van der Waals surface area (Å²) in [5.41, 5.74) is 5.72. The normalized spacial score (nSPS) is 24.6. The van der Waals surface area contributed by atoms with Crippen molar-refractivity contribution in [2.45, 2.75) is 43.9 Å². The minimum atomic E-state index is 0.280. The number of ether oxygens (including phenoxy) is 1. The number of nitrogen functional groups attached to an aromatic ring is 1. The third kappa shape index (κ3) is 3.49. The molecule has 0 aromatic carbocycles. The van der Waals surface area contributed by atoms with E-state index in [9.17, 15) is 0 Å². The Kier molecular flexibility index (Phi) is 4.10. The van der Waals surface area contributed by atoms with E-state index in [1.807, 2.05) is 6.26 Å². The summed E-state index contributed by atoms with van der Waals surface area (Å²) in [5.74, 6) is 1.83. The Morgan fingerprint density at radius 3 is 2.94 bits per heavy atom. The van der Waals surface area contributed by atoms with Crippen LogP contribution in [-0.4, -0.2) is 22.3 Å². The minimum Gasteiger partial charge on any atom is -0.474 e. The Labute approximate surface area is 106 Å². The number of nitrogens with zero attached hydrogens (tertiary/aromatic N) is 2. The topological polar surface area (TPSA) is 61.0 Å². The van der Waals surface area contributed by atoms with Crippen LogP contribution in [0, 0.1) is 5.92 Å². The molecular weight excluding hydrogens is 234 g/mol. The highest BCUT2D eigenvalue weighted by molar-refractivity contribution is 7.98. The molecule has 4 nitrogen and oxygen atoms in total. The average molecular weight is 253 g/mol. The van der Waals surface area contributed by atoms with Gasteiger partial charge in [0, 0.05) is 6.07 Å². The van der Waals surface area contributed by atoms with Crippen LogP contribution in [0.15, 0.2) is 11.2 Å². The van der Waals surface area contributed by atoms with Crippen molar-refractivity contribution in [1.29, 1.82) is 0 Å². The zero-order valence-electron chi connectivity index (χ0n) is 10.3. The minimum absolute atomic E-state index is 0.280. The Balaban J connectivity index is 2.04. The summed E-state index contributed by atoms with van der Waals surface area (Å²) in [4.78, 5) is 8.43. The van der Waals surface area contributed by atoms with E-state index in [4.69, 9.17) is 10.5 Å². The second kappa shape index (κ2) is 5.58. The van der Waals surface area contributed by atoms with E-state index in [-0.39, 0.29) is 6.10 Å². The fourth-order valence-corrected chi connectivity index (χ4v) is 2.61. The van der Waals surface area contributed by atoms with Crippen molar-refractivity contribution < 1.29 is 4.74 Å². The van der Waals surface area contributed by atoms with E-state index >= 15 is 0 Å². The van der Waals surface area contributed by atoms with Crippen molar-refractivity contribution in [3.05, 3.63) is 6.07 Å². The monoisotopic (exact) mass is 253 g/mol. The molecular formula is C12H19N3OS. The van der Waals surface area contributed by atoms with Crippen molar-refractivity contribution in [2.75, 3.05) is 12.0 Å². The lowest BCUT2D eigenvalue weighted by atomic mass is 9.89. The molecule has 2 unspecified atom stereocenters. The van der Waals surface area contributed by atoms with Crippen LogP contribution in [-0.2, 0) is 0 Å². The van der Waals surface area contributed by atoms with Crippen molar-refractivity contribution in [1.82, 2.24) is 9.97 Å². The lowest BCUT2D eigenvalue weighted by molar-refractivity contribution is 0.123. The van der Waals surface area contributed by atoms with Gasteiger partial charge >= 0.3 is 0 Å². The first-order chi connectivity index (χ1) is 8.17. The van der Waals surface area contributed by atoms with Gasteiger partial charge in [0.15, 0.2) is 5.16 Å². The van der Waals surface area contributed by atoms with Crippen LogP contribution in [0.4, 0.5) is 5.82 Å². The van der Waals surface area contributed by atoms with Crippen molar-refractivity contribution >= 4 is 17.6 Å². The van der Waals surface area contributed by atoms with Crippen molar-refractivity contribution in [3.63, 3.8) is 0 Å². The first-order valence-corrected chi connectivity index (χ1v) is 7.25. The molecule has 1 heterocycles. The van der Waals surface area contributed by atoms with Crippen LogP contribution in [0.1, 0.15) is 32.6 Å². The van der Waals surface area contributed by atoms with Gasteiger partial charge in [-0.1, -0.05) is 25.1 Å². The highest BCUT2D eigenvalue weighted by Gasteiger charge is 2.20. The first kappa shape index (κ1) is 12.5. The van der Waals surface area contributed by atoms with Gasteiger partial charge in [-0.15, -0.1) is 0 Å². The maximum atomic E-state index is 5.90. The Morgan fingerprint density at radius 1 is 1.41 bits per heavy atom. The van der Waals surface area contributed by atoms with Crippen LogP contribution < -0.4 is 10.5 Å². The fraction of sp³-hybridized carbons (Fsp3) is 0.667. The first-order valence-electron chi connectivity index (χ1n) is 6.02. The number of hydrogen-bond acceptors (Lipinski definition) is 5. The molecule has 1 aromatic heterocycles. The van der Waals surface area contributed by atoms with Gasteiger partial charge in [-0.25, -0.2) is 4.98 Å². The van der Waals surface area contributed by atoms with E-state index in [1.54, 1.807) is 6.07 Å². The van der Waals surface area contributed by atoms with E-state index in [2.05, 4.69) is 16.9 Å². The van der Waals surface area contributed by atoms with E-state index in [0.717, 1.165) is 18.8 Å². The molecule has 1 saturated carbocycles. The van der Waals surface area contributed by atoms with E-state index < -0.39 is 0 Å². The predicted molar refractivity (Wildman–Crippen MR) is 70.3 cm³/mol. The summed E-state index contributed by atoms with van der Waals surface area (Å²) in [5, 5.41) is 0.670. The standard InChI is InChI=1S/C12H19N3OS/c1-8-4-3-5-9(6-8)16-11-7-10(13)14-12(15-11)17-2/h7-9H,3-6H2,1-2H3,(H2,13,14,15). The van der Waals surface area contributed by atoms with Crippen LogP contribution >= 0.6 is 11.8 Å². The molecule has 1 aliphatic rings. The van der Waals surface area contributed by atoms with Gasteiger partial charge in [0.05, 0.1) is 0 Å². The Hall–Kier alpha value is -0.970. The maximum Gasteiger partial charge on any atom is 0.219 e. The molecule has 5 heteroatoms. The lowest BCUT2D eigenvalue weighted by Gasteiger charge is -2.26. The molecule has 0 aliphatic heterocycles. The van der Waals surface area contributed by atoms with Crippen molar-refractivity contribution in [3.8, 4) is 5.88 Å². The summed E-state index contributed by atoms with van der Waals surface area (Å²) in [6.07, 6.45) is 6.98. The second-order valence-electron chi connectivity index (χ2n) is 4.63. The number of anilines is 1. The predicted octanol–water partition coefficient (Wildman–Crippen LogP) is 2.74. The van der Waals surface area contributed by atoms with Gasteiger partial charge in [0.1, 0.15) is 11.9 Å². The van der Waals surface area contributed by atoms with Crippen LogP contribution in [0.5, 0.6) is 5.88 Å². The molecule has 0 radical (unpaired) electrons. The molecule has 17 heavy (non-hydrogen) atoms. The maximum absolute atomic E-state index is 5.90. The second-order valence-corrected chi connectivity index (χ2v) is 5.40. The van der Waals surface area contributed by atoms with Crippen molar-refractivity contribution in [2.24, 2.45) is 5.92 Å². The van der Waals surface area contributed by atoms with Crippen LogP contribution in [0.2, 0.25) is 0 Å². The molecule has 0 amide bonds. The highest BCUT2D eigenvalue weighted by Crippen LogP contribution is 2.27. The van der Waals surface area contributed by atoms with Gasteiger partial charge in [-0.3, -0.25) is 0 Å². The van der Waals surface area contributed by atoms with Gasteiger partial charge in [0.2, 0.25) is 5.88 Å². The fourth-order valence-electron chi connectivity index (χ4n) is 2.23. The Morgan fingerprint density at radius 2 is 2.24 bits per heavy atom. The molecule has 2 rings (SSSR count). The number of aromatic nitrogens is 2. The van der Waals surface area contributed by atoms with Gasteiger partial charge in [-0.05, 0) is 31.4 Å². The average Bonchev–Trinajstić information content (AvgIpc) is 2.28. The van der Waals surface area contributed by atoms with E-state index in [0.29, 0.717) is 16.9 Å². The summed E-state index contributed by atoms with van der Waals surface area (Å²) in [7, 11) is 0. The molecule has 0 bridgehead atoms. The number of nitrogens with two attached hydrogens (primary N) is 1. The van der Waals surface area contributed by atoms with Crippen LogP contribution in [0.3, 0.4) is 0 Å². The van der Waals surface area contributed by atoms with Gasteiger partial charge in [-0.2, -0.15) is 4.98 Å². The summed E-state index contributed by atoms with van der Waals surface area (Å²) < 4.78 is 5.90. The molecule has 1 aliphatic carbocycles. The zero-order chi connectivity index (χ0) is 12.3. The highest BCUT2D eigenvalue weighted by atomic mass is 32.2. The largest absolute Gasteiger partial charge is 0.474 e. The van der Waals surface area contributed by atoms with Gasteiger partial charge in [0.25, 0.3) is 0 Å². The molecule has 94 valence electrons.